The monoisotopic (exact) mass is 317 g/mol. The molecule has 0 aromatic heterocycles. The van der Waals surface area contributed by atoms with E-state index in [0.717, 1.165) is 15.4 Å². The van der Waals surface area contributed by atoms with Gasteiger partial charge in [-0.05, 0) is 29.8 Å². The second kappa shape index (κ2) is 6.18. The minimum Gasteiger partial charge on any atom is -0.326 e. The van der Waals surface area contributed by atoms with Gasteiger partial charge < -0.3 is 5.73 Å². The molecule has 0 amide bonds. The molecule has 18 heavy (non-hydrogen) atoms. The van der Waals surface area contributed by atoms with Gasteiger partial charge in [0.15, 0.2) is 0 Å². The standard InChI is InChI=1S/C13H10Cl3NS/c14-10-5-4-9(6-12(10)16)18-13-8(7-17)2-1-3-11(13)15/h1-6H,7,17H2. The van der Waals surface area contributed by atoms with E-state index in [2.05, 4.69) is 0 Å². The van der Waals surface area contributed by atoms with Crippen molar-refractivity contribution in [3.8, 4) is 0 Å². The van der Waals surface area contributed by atoms with E-state index >= 15 is 0 Å². The molecule has 0 aliphatic rings. The Morgan fingerprint density at radius 3 is 2.39 bits per heavy atom. The highest BCUT2D eigenvalue weighted by Gasteiger charge is 2.09. The number of rotatable bonds is 3. The molecule has 0 unspecified atom stereocenters. The van der Waals surface area contributed by atoms with Crippen LogP contribution in [0, 0.1) is 0 Å². The fourth-order valence-corrected chi connectivity index (χ4v) is 3.16. The summed E-state index contributed by atoms with van der Waals surface area (Å²) < 4.78 is 0. The van der Waals surface area contributed by atoms with Gasteiger partial charge in [0.1, 0.15) is 0 Å². The maximum Gasteiger partial charge on any atom is 0.0603 e. The summed E-state index contributed by atoms with van der Waals surface area (Å²) in [7, 11) is 0. The van der Waals surface area contributed by atoms with Crippen LogP contribution in [-0.4, -0.2) is 0 Å². The van der Waals surface area contributed by atoms with Crippen LogP contribution < -0.4 is 5.73 Å². The molecule has 0 saturated carbocycles. The van der Waals surface area contributed by atoms with Gasteiger partial charge in [0.25, 0.3) is 0 Å². The van der Waals surface area contributed by atoms with E-state index in [4.69, 9.17) is 40.5 Å². The van der Waals surface area contributed by atoms with Crippen LogP contribution in [0.3, 0.4) is 0 Å². The van der Waals surface area contributed by atoms with Crippen LogP contribution in [-0.2, 0) is 6.54 Å². The Morgan fingerprint density at radius 2 is 1.72 bits per heavy atom. The summed E-state index contributed by atoms with van der Waals surface area (Å²) in [6.45, 7) is 0.449. The minimum absolute atomic E-state index is 0.449. The fourth-order valence-electron chi connectivity index (χ4n) is 1.49. The van der Waals surface area contributed by atoms with Gasteiger partial charge in [0.2, 0.25) is 0 Å². The molecule has 0 bridgehead atoms. The molecule has 0 heterocycles. The van der Waals surface area contributed by atoms with E-state index in [1.54, 1.807) is 6.07 Å². The normalized spacial score (nSPS) is 10.7. The summed E-state index contributed by atoms with van der Waals surface area (Å²) in [5.41, 5.74) is 6.72. The van der Waals surface area contributed by atoms with Gasteiger partial charge in [-0.3, -0.25) is 0 Å². The van der Waals surface area contributed by atoms with Crippen molar-refractivity contribution in [3.05, 3.63) is 57.0 Å². The average molecular weight is 319 g/mol. The lowest BCUT2D eigenvalue weighted by atomic mass is 10.2. The molecule has 0 fully saturated rings. The Labute approximate surface area is 125 Å². The second-order valence-corrected chi connectivity index (χ2v) is 5.92. The molecular formula is C13H10Cl3NS. The predicted octanol–water partition coefficient (Wildman–Crippen LogP) is 5.26. The van der Waals surface area contributed by atoms with Crippen molar-refractivity contribution in [1.29, 1.82) is 0 Å². The smallest absolute Gasteiger partial charge is 0.0603 e. The zero-order chi connectivity index (χ0) is 13.1. The van der Waals surface area contributed by atoms with Crippen molar-refractivity contribution in [1.82, 2.24) is 0 Å². The van der Waals surface area contributed by atoms with Crippen molar-refractivity contribution < 1.29 is 0 Å². The maximum atomic E-state index is 6.19. The van der Waals surface area contributed by atoms with Crippen LogP contribution in [0.5, 0.6) is 0 Å². The Bertz CT molecular complexity index is 572. The third-order valence-electron chi connectivity index (χ3n) is 2.38. The highest BCUT2D eigenvalue weighted by Crippen LogP contribution is 2.38. The molecule has 2 aromatic rings. The number of halogens is 3. The third kappa shape index (κ3) is 3.14. The van der Waals surface area contributed by atoms with Crippen LogP contribution in [0.15, 0.2) is 46.2 Å². The highest BCUT2D eigenvalue weighted by molar-refractivity contribution is 7.99. The first-order chi connectivity index (χ1) is 8.61. The van der Waals surface area contributed by atoms with Crippen LogP contribution in [0.2, 0.25) is 15.1 Å². The molecule has 2 N–H and O–H groups in total. The van der Waals surface area contributed by atoms with E-state index in [1.807, 2.05) is 30.3 Å². The van der Waals surface area contributed by atoms with E-state index in [0.29, 0.717) is 21.6 Å². The summed E-state index contributed by atoms with van der Waals surface area (Å²) in [6.07, 6.45) is 0. The van der Waals surface area contributed by atoms with Gasteiger partial charge in [-0.1, -0.05) is 58.7 Å². The van der Waals surface area contributed by atoms with Crippen LogP contribution >= 0.6 is 46.6 Å². The van der Waals surface area contributed by atoms with E-state index < -0.39 is 0 Å². The average Bonchev–Trinajstić information content (AvgIpc) is 2.36. The van der Waals surface area contributed by atoms with E-state index in [1.165, 1.54) is 11.8 Å². The molecule has 0 spiro atoms. The number of benzene rings is 2. The van der Waals surface area contributed by atoms with Crippen LogP contribution in [0.4, 0.5) is 0 Å². The van der Waals surface area contributed by atoms with Gasteiger partial charge in [-0.2, -0.15) is 0 Å². The summed E-state index contributed by atoms with van der Waals surface area (Å²) in [5, 5.41) is 1.76. The van der Waals surface area contributed by atoms with Crippen molar-refractivity contribution in [2.24, 2.45) is 5.73 Å². The van der Waals surface area contributed by atoms with Crippen molar-refractivity contribution in [2.75, 3.05) is 0 Å². The largest absolute Gasteiger partial charge is 0.326 e. The van der Waals surface area contributed by atoms with Gasteiger partial charge in [-0.15, -0.1) is 0 Å². The quantitative estimate of drug-likeness (QED) is 0.835. The Morgan fingerprint density at radius 1 is 0.944 bits per heavy atom. The lowest BCUT2D eigenvalue weighted by Crippen LogP contribution is -1.98. The number of hydrogen-bond acceptors (Lipinski definition) is 2. The molecule has 0 aliphatic heterocycles. The lowest BCUT2D eigenvalue weighted by molar-refractivity contribution is 1.03. The van der Waals surface area contributed by atoms with Gasteiger partial charge in [-0.25, -0.2) is 0 Å². The minimum atomic E-state index is 0.449. The van der Waals surface area contributed by atoms with Crippen molar-refractivity contribution in [3.63, 3.8) is 0 Å². The highest BCUT2D eigenvalue weighted by atomic mass is 35.5. The summed E-state index contributed by atoms with van der Waals surface area (Å²) in [6, 6.07) is 11.2. The Balaban J connectivity index is 2.36. The molecule has 0 atom stereocenters. The molecule has 0 saturated heterocycles. The summed E-state index contributed by atoms with van der Waals surface area (Å²) in [4.78, 5) is 1.94. The predicted molar refractivity (Wildman–Crippen MR) is 79.9 cm³/mol. The van der Waals surface area contributed by atoms with Crippen LogP contribution in [0.25, 0.3) is 0 Å². The van der Waals surface area contributed by atoms with Crippen molar-refractivity contribution in [2.45, 2.75) is 16.3 Å². The number of nitrogens with two attached hydrogens (primary N) is 1. The lowest BCUT2D eigenvalue weighted by Gasteiger charge is -2.10. The maximum absolute atomic E-state index is 6.19. The first-order valence-electron chi connectivity index (χ1n) is 5.22. The first-order valence-corrected chi connectivity index (χ1v) is 7.17. The molecular weight excluding hydrogens is 309 g/mol. The first kappa shape index (κ1) is 14.0. The number of hydrogen-bond donors (Lipinski definition) is 1. The van der Waals surface area contributed by atoms with Crippen LogP contribution in [0.1, 0.15) is 5.56 Å². The molecule has 2 aromatic carbocycles. The summed E-state index contributed by atoms with van der Waals surface area (Å²) >= 11 is 19.6. The van der Waals surface area contributed by atoms with Gasteiger partial charge in [0, 0.05) is 16.3 Å². The topological polar surface area (TPSA) is 26.0 Å². The van der Waals surface area contributed by atoms with Crippen molar-refractivity contribution >= 4 is 46.6 Å². The van der Waals surface area contributed by atoms with Gasteiger partial charge >= 0.3 is 0 Å². The van der Waals surface area contributed by atoms with E-state index in [9.17, 15) is 0 Å². The Kier molecular flexibility index (Phi) is 4.82. The van der Waals surface area contributed by atoms with E-state index in [-0.39, 0.29) is 0 Å². The molecule has 1 nitrogen and oxygen atoms in total. The zero-order valence-corrected chi connectivity index (χ0v) is 12.4. The van der Waals surface area contributed by atoms with Gasteiger partial charge in [0.05, 0.1) is 15.1 Å². The Hall–Kier alpha value is -0.380. The molecule has 0 radical (unpaired) electrons. The second-order valence-electron chi connectivity index (χ2n) is 3.61. The SMILES string of the molecule is NCc1cccc(Cl)c1Sc1ccc(Cl)c(Cl)c1. The molecule has 2 rings (SSSR count). The molecule has 94 valence electrons. The zero-order valence-electron chi connectivity index (χ0n) is 9.29. The fraction of sp³-hybridized carbons (Fsp3) is 0.0769. The molecule has 5 heteroatoms. The summed E-state index contributed by atoms with van der Waals surface area (Å²) in [5.74, 6) is 0. The third-order valence-corrected chi connectivity index (χ3v) is 4.72. The molecule has 0 aliphatic carbocycles.